The van der Waals surface area contributed by atoms with Crippen LogP contribution >= 0.6 is 15.9 Å². The summed E-state index contributed by atoms with van der Waals surface area (Å²) in [6.07, 6.45) is -2.76. The van der Waals surface area contributed by atoms with Gasteiger partial charge in [0, 0.05) is 34.4 Å². The molecule has 0 saturated heterocycles. The van der Waals surface area contributed by atoms with E-state index in [4.69, 9.17) is 4.98 Å². The van der Waals surface area contributed by atoms with Gasteiger partial charge in [0.05, 0.1) is 46.5 Å². The van der Waals surface area contributed by atoms with Crippen molar-refractivity contribution in [1.82, 2.24) is 33.8 Å². The van der Waals surface area contributed by atoms with E-state index in [-0.39, 0.29) is 34.5 Å². The molecule has 1 unspecified atom stereocenters. The van der Waals surface area contributed by atoms with Crippen LogP contribution in [0, 0.1) is 13.8 Å². The molecule has 0 fully saturated rings. The van der Waals surface area contributed by atoms with Gasteiger partial charge in [0.1, 0.15) is 0 Å². The van der Waals surface area contributed by atoms with Crippen LogP contribution in [0.3, 0.4) is 0 Å². The van der Waals surface area contributed by atoms with E-state index in [1.165, 1.54) is 21.6 Å². The van der Waals surface area contributed by atoms with Crippen molar-refractivity contribution >= 4 is 32.9 Å². The summed E-state index contributed by atoms with van der Waals surface area (Å²) in [6.45, 7) is 5.40. The average molecular weight is 640 g/mol. The molecule has 6 rings (SSSR count). The Morgan fingerprint density at radius 2 is 1.86 bits per heavy atom. The lowest BCUT2D eigenvalue weighted by molar-refractivity contribution is -0.138. The maximum absolute atomic E-state index is 14.2. The van der Waals surface area contributed by atoms with E-state index in [2.05, 4.69) is 26.0 Å². The molecule has 5 aromatic rings. The second kappa shape index (κ2) is 9.93. The Morgan fingerprint density at radius 3 is 2.55 bits per heavy atom. The van der Waals surface area contributed by atoms with Gasteiger partial charge in [-0.05, 0) is 69.7 Å². The molecule has 0 spiro atoms. The zero-order valence-corrected chi connectivity index (χ0v) is 24.7. The van der Waals surface area contributed by atoms with Crippen molar-refractivity contribution in [2.24, 2.45) is 7.05 Å². The number of amides is 1. The average Bonchev–Trinajstić information content (AvgIpc) is 3.47. The molecule has 1 atom stereocenters. The van der Waals surface area contributed by atoms with Crippen molar-refractivity contribution in [1.29, 1.82) is 0 Å². The first-order valence-electron chi connectivity index (χ1n) is 13.1. The van der Waals surface area contributed by atoms with E-state index in [9.17, 15) is 22.8 Å². The SMILES string of the molecule is Cc1cc(C)n(-c2nc3c(c(=O)n2-c2ccc4c(c2)ncn4C)CC(C)N(C(=O)c2ccc(Br)c(C(F)(F)F)c2)C3)n1. The van der Waals surface area contributed by atoms with E-state index in [1.54, 1.807) is 17.9 Å². The fourth-order valence-electron chi connectivity index (χ4n) is 5.43. The third-order valence-corrected chi connectivity index (χ3v) is 8.23. The second-order valence-electron chi connectivity index (χ2n) is 10.5. The number of halogens is 4. The van der Waals surface area contributed by atoms with E-state index in [1.807, 2.05) is 49.7 Å². The summed E-state index contributed by atoms with van der Waals surface area (Å²) in [5.41, 5.74) is 3.11. The Balaban J connectivity index is 1.48. The molecule has 1 aliphatic rings. The number of aromatic nitrogens is 6. The second-order valence-corrected chi connectivity index (χ2v) is 11.4. The van der Waals surface area contributed by atoms with Crippen LogP contribution in [0.25, 0.3) is 22.7 Å². The number of alkyl halides is 3. The summed E-state index contributed by atoms with van der Waals surface area (Å²) in [5.74, 6) is -0.338. The molecular formula is C29H25BrF3N7O2. The van der Waals surface area contributed by atoms with Gasteiger partial charge in [0.2, 0.25) is 5.95 Å². The molecular weight excluding hydrogens is 615 g/mol. The van der Waals surface area contributed by atoms with E-state index < -0.39 is 23.7 Å². The first kappa shape index (κ1) is 27.9. The first-order valence-corrected chi connectivity index (χ1v) is 13.9. The summed E-state index contributed by atoms with van der Waals surface area (Å²) in [7, 11) is 1.88. The Morgan fingerprint density at radius 1 is 1.10 bits per heavy atom. The smallest absolute Gasteiger partial charge is 0.334 e. The lowest BCUT2D eigenvalue weighted by atomic mass is 9.98. The summed E-state index contributed by atoms with van der Waals surface area (Å²) in [4.78, 5) is 38.5. The van der Waals surface area contributed by atoms with Crippen LogP contribution in [0.5, 0.6) is 0 Å². The van der Waals surface area contributed by atoms with Crippen molar-refractivity contribution < 1.29 is 18.0 Å². The molecule has 9 nitrogen and oxygen atoms in total. The van der Waals surface area contributed by atoms with Gasteiger partial charge in [0.25, 0.3) is 11.5 Å². The normalized spacial score (nSPS) is 15.3. The van der Waals surface area contributed by atoms with Gasteiger partial charge in [-0.3, -0.25) is 9.59 Å². The predicted molar refractivity (Wildman–Crippen MR) is 153 cm³/mol. The largest absolute Gasteiger partial charge is 0.417 e. The number of aryl methyl sites for hydroxylation is 3. The van der Waals surface area contributed by atoms with Crippen molar-refractivity contribution in [2.45, 2.75) is 46.0 Å². The summed E-state index contributed by atoms with van der Waals surface area (Å²) in [5, 5.41) is 4.56. The number of rotatable bonds is 3. The van der Waals surface area contributed by atoms with E-state index >= 15 is 0 Å². The Kier molecular flexibility index (Phi) is 6.59. The molecule has 42 heavy (non-hydrogen) atoms. The summed E-state index contributed by atoms with van der Waals surface area (Å²) in [6, 6.07) is 10.3. The lowest BCUT2D eigenvalue weighted by Gasteiger charge is -2.34. The molecule has 0 aliphatic carbocycles. The maximum Gasteiger partial charge on any atom is 0.417 e. The highest BCUT2D eigenvalue weighted by atomic mass is 79.9. The maximum atomic E-state index is 14.2. The Bertz CT molecular complexity index is 1960. The van der Waals surface area contributed by atoms with Crippen LogP contribution in [-0.2, 0) is 26.2 Å². The quantitative estimate of drug-likeness (QED) is 0.268. The van der Waals surface area contributed by atoms with Crippen molar-refractivity contribution in [2.75, 3.05) is 0 Å². The van der Waals surface area contributed by atoms with Gasteiger partial charge >= 0.3 is 6.18 Å². The van der Waals surface area contributed by atoms with E-state index in [0.29, 0.717) is 22.5 Å². The minimum absolute atomic E-state index is 0.0472. The van der Waals surface area contributed by atoms with Crippen molar-refractivity contribution in [3.8, 4) is 11.6 Å². The molecule has 3 aromatic heterocycles. The molecule has 1 aliphatic heterocycles. The molecule has 0 saturated carbocycles. The lowest BCUT2D eigenvalue weighted by Crippen LogP contribution is -2.46. The van der Waals surface area contributed by atoms with Crippen LogP contribution < -0.4 is 5.56 Å². The number of nitrogens with zero attached hydrogens (tertiary/aromatic N) is 7. The minimum Gasteiger partial charge on any atom is -0.334 e. The number of imidazole rings is 1. The van der Waals surface area contributed by atoms with Crippen molar-refractivity contribution in [3.63, 3.8) is 0 Å². The highest BCUT2D eigenvalue weighted by Crippen LogP contribution is 2.36. The number of fused-ring (bicyclic) bond motifs is 2. The van der Waals surface area contributed by atoms with Crippen LogP contribution in [0.4, 0.5) is 13.2 Å². The first-order chi connectivity index (χ1) is 19.8. The number of carbonyl (C=O) groups is 1. The fraction of sp³-hybridized carbons (Fsp3) is 0.276. The van der Waals surface area contributed by atoms with Gasteiger partial charge < -0.3 is 9.47 Å². The van der Waals surface area contributed by atoms with Gasteiger partial charge in [0.15, 0.2) is 0 Å². The monoisotopic (exact) mass is 639 g/mol. The third-order valence-electron chi connectivity index (χ3n) is 7.54. The highest BCUT2D eigenvalue weighted by Gasteiger charge is 2.36. The minimum atomic E-state index is -4.63. The number of hydrogen-bond acceptors (Lipinski definition) is 5. The Labute approximate surface area is 246 Å². The molecule has 0 N–H and O–H groups in total. The Hall–Kier alpha value is -4.26. The van der Waals surface area contributed by atoms with Crippen LogP contribution in [0.1, 0.15) is 45.5 Å². The van der Waals surface area contributed by atoms with Crippen LogP contribution in [-0.4, -0.2) is 45.7 Å². The fourth-order valence-corrected chi connectivity index (χ4v) is 5.90. The molecule has 1 amide bonds. The topological polar surface area (TPSA) is 90.8 Å². The summed E-state index contributed by atoms with van der Waals surface area (Å²) < 4.78 is 45.4. The van der Waals surface area contributed by atoms with Crippen LogP contribution in [0.15, 0.2) is 58.1 Å². The number of hydrogen-bond donors (Lipinski definition) is 0. The zero-order chi connectivity index (χ0) is 30.1. The van der Waals surface area contributed by atoms with Crippen LogP contribution in [0.2, 0.25) is 0 Å². The third kappa shape index (κ3) is 4.61. The number of carbonyl (C=O) groups excluding carboxylic acids is 1. The molecule has 4 heterocycles. The molecule has 2 aromatic carbocycles. The highest BCUT2D eigenvalue weighted by molar-refractivity contribution is 9.10. The number of benzene rings is 2. The zero-order valence-electron chi connectivity index (χ0n) is 23.1. The predicted octanol–water partition coefficient (Wildman–Crippen LogP) is 5.29. The van der Waals surface area contributed by atoms with Gasteiger partial charge in [-0.1, -0.05) is 15.9 Å². The van der Waals surface area contributed by atoms with Gasteiger partial charge in [-0.25, -0.2) is 19.2 Å². The van der Waals surface area contributed by atoms with Crippen molar-refractivity contribution in [3.05, 3.63) is 97.4 Å². The van der Waals surface area contributed by atoms with Gasteiger partial charge in [-0.2, -0.15) is 18.3 Å². The molecule has 13 heteroatoms. The van der Waals surface area contributed by atoms with E-state index in [0.717, 1.165) is 23.0 Å². The summed E-state index contributed by atoms with van der Waals surface area (Å²) >= 11 is 2.93. The molecule has 216 valence electrons. The molecule has 0 bridgehead atoms. The van der Waals surface area contributed by atoms with Gasteiger partial charge in [-0.15, -0.1) is 0 Å². The molecule has 0 radical (unpaired) electrons. The standard InChI is InChI=1S/C29H25BrF3N7O2/c1-15-9-17(3)40(36-15)28-35-24-13-38(26(41)18-5-7-22(30)21(11-18)29(31,32)33)16(2)10-20(24)27(42)39(28)19-6-8-25-23(12-19)34-14-37(25)4/h5-9,11-12,14,16H,10,13H2,1-4H3.